The summed E-state index contributed by atoms with van der Waals surface area (Å²) in [4.78, 5) is 2.36. The smallest absolute Gasteiger partial charge is 0.122 e. The van der Waals surface area contributed by atoms with Crippen molar-refractivity contribution in [3.63, 3.8) is 0 Å². The molecule has 1 heterocycles. The number of rotatable bonds is 5. The zero-order chi connectivity index (χ0) is 12.1. The topological polar surface area (TPSA) is 32.7 Å². The lowest BCUT2D eigenvalue weighted by Gasteiger charge is -2.16. The molecule has 1 atom stereocenters. The molecule has 3 heteroatoms. The molecule has 1 fully saturated rings. The van der Waals surface area contributed by atoms with Crippen LogP contribution in [0, 0.1) is 0 Å². The fraction of sp³-hybridized carbons (Fsp3) is 0.571. The molecule has 0 bridgehead atoms. The summed E-state index contributed by atoms with van der Waals surface area (Å²) in [6.45, 7) is 3.06. The number of aliphatic hydroxyl groups excluding tert-OH is 1. The van der Waals surface area contributed by atoms with Crippen LogP contribution in [-0.2, 0) is 0 Å². The van der Waals surface area contributed by atoms with Crippen molar-refractivity contribution in [2.75, 3.05) is 33.4 Å². The predicted molar refractivity (Wildman–Crippen MR) is 68.5 cm³/mol. The predicted octanol–water partition coefficient (Wildman–Crippen LogP) is 1.87. The van der Waals surface area contributed by atoms with E-state index in [1.54, 1.807) is 0 Å². The van der Waals surface area contributed by atoms with E-state index in [2.05, 4.69) is 24.1 Å². The van der Waals surface area contributed by atoms with Crippen LogP contribution < -0.4 is 4.74 Å². The minimum Gasteiger partial charge on any atom is -0.493 e. The first-order valence-corrected chi connectivity index (χ1v) is 6.32. The molecule has 3 nitrogen and oxygen atoms in total. The molecule has 0 aromatic heterocycles. The van der Waals surface area contributed by atoms with Gasteiger partial charge in [-0.3, -0.25) is 0 Å². The Bertz CT molecular complexity index is 354. The van der Waals surface area contributed by atoms with Crippen LogP contribution in [0.25, 0.3) is 0 Å². The molecule has 1 aromatic rings. The van der Waals surface area contributed by atoms with Gasteiger partial charge < -0.3 is 14.7 Å². The maximum atomic E-state index is 8.77. The van der Waals surface area contributed by atoms with Gasteiger partial charge in [-0.25, -0.2) is 0 Å². The van der Waals surface area contributed by atoms with Gasteiger partial charge in [-0.15, -0.1) is 0 Å². The highest BCUT2D eigenvalue weighted by Gasteiger charge is 2.23. The van der Waals surface area contributed by atoms with E-state index in [1.165, 1.54) is 12.0 Å². The minimum absolute atomic E-state index is 0.189. The molecule has 0 radical (unpaired) electrons. The van der Waals surface area contributed by atoms with Crippen LogP contribution in [0.15, 0.2) is 24.3 Å². The van der Waals surface area contributed by atoms with Gasteiger partial charge in [0.2, 0.25) is 0 Å². The Kier molecular flexibility index (Phi) is 4.40. The van der Waals surface area contributed by atoms with Crippen molar-refractivity contribution in [3.8, 4) is 5.75 Å². The highest BCUT2D eigenvalue weighted by molar-refractivity contribution is 5.37. The first-order chi connectivity index (χ1) is 8.31. The second kappa shape index (κ2) is 6.03. The number of ether oxygens (including phenoxy) is 1. The van der Waals surface area contributed by atoms with E-state index in [4.69, 9.17) is 9.84 Å². The van der Waals surface area contributed by atoms with Crippen LogP contribution in [0.2, 0.25) is 0 Å². The van der Waals surface area contributed by atoms with Gasteiger partial charge in [0.15, 0.2) is 0 Å². The van der Waals surface area contributed by atoms with Crippen molar-refractivity contribution in [2.24, 2.45) is 0 Å². The van der Waals surface area contributed by atoms with Crippen molar-refractivity contribution in [1.29, 1.82) is 0 Å². The summed E-state index contributed by atoms with van der Waals surface area (Å²) in [5.74, 6) is 1.58. The summed E-state index contributed by atoms with van der Waals surface area (Å²) in [5.41, 5.74) is 1.31. The molecular weight excluding hydrogens is 214 g/mol. The summed E-state index contributed by atoms with van der Waals surface area (Å²) in [6.07, 6.45) is 1.90. The van der Waals surface area contributed by atoms with Gasteiger partial charge in [-0.1, -0.05) is 18.2 Å². The van der Waals surface area contributed by atoms with E-state index in [0.29, 0.717) is 18.9 Å². The third kappa shape index (κ3) is 3.20. The number of hydrogen-bond donors (Lipinski definition) is 1. The maximum absolute atomic E-state index is 8.77. The van der Waals surface area contributed by atoms with Crippen molar-refractivity contribution < 1.29 is 9.84 Å². The minimum atomic E-state index is 0.189. The zero-order valence-corrected chi connectivity index (χ0v) is 10.4. The number of benzene rings is 1. The van der Waals surface area contributed by atoms with E-state index >= 15 is 0 Å². The lowest BCUT2D eigenvalue weighted by molar-refractivity contribution is 0.232. The molecule has 1 aromatic carbocycles. The lowest BCUT2D eigenvalue weighted by atomic mass is 9.97. The van der Waals surface area contributed by atoms with Crippen LogP contribution in [0.3, 0.4) is 0 Å². The number of likely N-dealkylation sites (N-methyl/N-ethyl adjacent to an activating group) is 1. The monoisotopic (exact) mass is 235 g/mol. The van der Waals surface area contributed by atoms with E-state index < -0.39 is 0 Å². The highest BCUT2D eigenvalue weighted by atomic mass is 16.5. The molecule has 94 valence electrons. The summed E-state index contributed by atoms with van der Waals surface area (Å²) in [6, 6.07) is 8.28. The summed E-state index contributed by atoms with van der Waals surface area (Å²) in [7, 11) is 2.16. The van der Waals surface area contributed by atoms with E-state index in [0.717, 1.165) is 18.8 Å². The molecule has 0 saturated carbocycles. The summed E-state index contributed by atoms with van der Waals surface area (Å²) < 4.78 is 5.75. The Labute approximate surface area is 103 Å². The van der Waals surface area contributed by atoms with E-state index in [-0.39, 0.29) is 6.61 Å². The Morgan fingerprint density at radius 2 is 2.24 bits per heavy atom. The van der Waals surface area contributed by atoms with E-state index in [1.807, 2.05) is 12.1 Å². The molecule has 1 aliphatic heterocycles. The van der Waals surface area contributed by atoms with Crippen LogP contribution >= 0.6 is 0 Å². The van der Waals surface area contributed by atoms with Crippen molar-refractivity contribution >= 4 is 0 Å². The fourth-order valence-electron chi connectivity index (χ4n) is 2.38. The molecule has 2 rings (SSSR count). The molecule has 17 heavy (non-hydrogen) atoms. The molecule has 0 aliphatic carbocycles. The SMILES string of the molecule is CN1CCC(c2ccccc2OCCCO)C1. The fourth-order valence-corrected chi connectivity index (χ4v) is 2.38. The van der Waals surface area contributed by atoms with Crippen LogP contribution in [0.1, 0.15) is 24.3 Å². The molecule has 1 saturated heterocycles. The number of hydrogen-bond acceptors (Lipinski definition) is 3. The van der Waals surface area contributed by atoms with Crippen molar-refractivity contribution in [2.45, 2.75) is 18.8 Å². The summed E-state index contributed by atoms with van der Waals surface area (Å²) >= 11 is 0. The van der Waals surface area contributed by atoms with Gasteiger partial charge in [0.05, 0.1) is 6.61 Å². The molecular formula is C14H21NO2. The number of para-hydroxylation sites is 1. The van der Waals surface area contributed by atoms with Gasteiger partial charge in [0.25, 0.3) is 0 Å². The Morgan fingerprint density at radius 3 is 2.94 bits per heavy atom. The lowest BCUT2D eigenvalue weighted by Crippen LogP contribution is -2.13. The van der Waals surface area contributed by atoms with Gasteiger partial charge in [0, 0.05) is 25.5 Å². The molecule has 1 aliphatic rings. The first-order valence-electron chi connectivity index (χ1n) is 6.32. The second-order valence-corrected chi connectivity index (χ2v) is 4.71. The largest absolute Gasteiger partial charge is 0.493 e. The zero-order valence-electron chi connectivity index (χ0n) is 10.4. The van der Waals surface area contributed by atoms with Crippen molar-refractivity contribution in [1.82, 2.24) is 4.90 Å². The maximum Gasteiger partial charge on any atom is 0.122 e. The van der Waals surface area contributed by atoms with Crippen LogP contribution in [0.4, 0.5) is 0 Å². The average molecular weight is 235 g/mol. The molecule has 1 N–H and O–H groups in total. The Balaban J connectivity index is 2.05. The van der Waals surface area contributed by atoms with E-state index in [9.17, 15) is 0 Å². The van der Waals surface area contributed by atoms with Gasteiger partial charge in [0.1, 0.15) is 5.75 Å². The normalized spacial score (nSPS) is 20.7. The Morgan fingerprint density at radius 1 is 1.41 bits per heavy atom. The first kappa shape index (κ1) is 12.4. The number of nitrogens with zero attached hydrogens (tertiary/aromatic N) is 1. The molecule has 0 spiro atoms. The van der Waals surface area contributed by atoms with Gasteiger partial charge in [-0.05, 0) is 31.6 Å². The highest BCUT2D eigenvalue weighted by Crippen LogP contribution is 2.32. The third-order valence-electron chi connectivity index (χ3n) is 3.31. The molecule has 0 amide bonds. The van der Waals surface area contributed by atoms with Crippen LogP contribution in [0.5, 0.6) is 5.75 Å². The van der Waals surface area contributed by atoms with Crippen molar-refractivity contribution in [3.05, 3.63) is 29.8 Å². The van der Waals surface area contributed by atoms with Crippen LogP contribution in [-0.4, -0.2) is 43.4 Å². The second-order valence-electron chi connectivity index (χ2n) is 4.71. The number of aliphatic hydroxyl groups is 1. The van der Waals surface area contributed by atoms with Gasteiger partial charge >= 0.3 is 0 Å². The number of likely N-dealkylation sites (tertiary alicyclic amines) is 1. The quantitative estimate of drug-likeness (QED) is 0.791. The molecule has 1 unspecified atom stereocenters. The Hall–Kier alpha value is -1.06. The average Bonchev–Trinajstić information content (AvgIpc) is 2.77. The standard InChI is InChI=1S/C14H21NO2/c1-15-8-7-12(11-15)13-5-2-3-6-14(13)17-10-4-9-16/h2-3,5-6,12,16H,4,7-11H2,1H3. The van der Waals surface area contributed by atoms with Gasteiger partial charge in [-0.2, -0.15) is 0 Å². The summed E-state index contributed by atoms with van der Waals surface area (Å²) in [5, 5.41) is 8.77. The third-order valence-corrected chi connectivity index (χ3v) is 3.31.